The van der Waals surface area contributed by atoms with Crippen LogP contribution in [0.5, 0.6) is 5.75 Å². The number of thiazole rings is 1. The van der Waals surface area contributed by atoms with Crippen molar-refractivity contribution in [3.05, 3.63) is 40.6 Å². The van der Waals surface area contributed by atoms with Gasteiger partial charge in [0.25, 0.3) is 5.91 Å². The van der Waals surface area contributed by atoms with Crippen LogP contribution in [0, 0.1) is 11.3 Å². The number of thioether (sulfide) groups is 1. The second-order valence-corrected chi connectivity index (χ2v) is 11.7. The maximum atomic E-state index is 12.6. The number of aromatic nitrogens is 1. The largest absolute Gasteiger partial charge is 0.490 e. The predicted molar refractivity (Wildman–Crippen MR) is 151 cm³/mol. The zero-order valence-electron chi connectivity index (χ0n) is 21.6. The lowest BCUT2D eigenvalue weighted by molar-refractivity contribution is -0.192. The molecular formula is C25H26F3N5O5S3. The molecule has 0 aliphatic carbocycles. The molecule has 0 saturated carbocycles. The lowest BCUT2D eigenvalue weighted by Gasteiger charge is -2.31. The molecule has 1 fully saturated rings. The van der Waals surface area contributed by atoms with Crippen LogP contribution < -0.4 is 16.2 Å². The van der Waals surface area contributed by atoms with Crippen molar-refractivity contribution in [2.45, 2.75) is 23.2 Å². The van der Waals surface area contributed by atoms with E-state index in [2.05, 4.69) is 0 Å². The van der Waals surface area contributed by atoms with Gasteiger partial charge in [0.05, 0.1) is 20.7 Å². The first-order chi connectivity index (χ1) is 19.3. The van der Waals surface area contributed by atoms with Crippen LogP contribution in [-0.2, 0) is 14.4 Å². The Labute approximate surface area is 245 Å². The number of primary amides is 1. The molecular weight excluding hydrogens is 604 g/mol. The van der Waals surface area contributed by atoms with Crippen LogP contribution >= 0.6 is 34.4 Å². The summed E-state index contributed by atoms with van der Waals surface area (Å²) in [6.07, 6.45) is -1.61. The Morgan fingerprint density at radius 2 is 1.98 bits per heavy atom. The number of nitrogens with two attached hydrogens (primary N) is 2. The summed E-state index contributed by atoms with van der Waals surface area (Å²) in [5.41, 5.74) is 13.7. The number of ether oxygens (including phenoxy) is 1. The zero-order chi connectivity index (χ0) is 30.3. The highest BCUT2D eigenvalue weighted by Gasteiger charge is 2.38. The summed E-state index contributed by atoms with van der Waals surface area (Å²) in [7, 11) is 0. The number of aliphatic carboxylic acids is 1. The number of amides is 2. The monoisotopic (exact) mass is 629 g/mol. The molecule has 3 aromatic rings. The first-order valence-electron chi connectivity index (χ1n) is 11.9. The molecule has 1 atom stereocenters. The third-order valence-electron chi connectivity index (χ3n) is 5.79. The van der Waals surface area contributed by atoms with Crippen LogP contribution in [-0.4, -0.2) is 70.7 Å². The average molecular weight is 630 g/mol. The molecule has 10 nitrogen and oxygen atoms in total. The molecule has 0 radical (unpaired) electrons. The number of carbonyl (C=O) groups excluding carboxylic acids is 2. The van der Waals surface area contributed by atoms with E-state index in [1.165, 1.54) is 22.7 Å². The van der Waals surface area contributed by atoms with Gasteiger partial charge < -0.3 is 26.2 Å². The number of nitrogens with one attached hydrogen (secondary N) is 1. The van der Waals surface area contributed by atoms with Crippen LogP contribution in [0.4, 0.5) is 13.2 Å². The molecule has 41 heavy (non-hydrogen) atoms. The van der Waals surface area contributed by atoms with E-state index in [1.807, 2.05) is 35.9 Å². The molecule has 6 N–H and O–H groups in total. The van der Waals surface area contributed by atoms with E-state index in [0.29, 0.717) is 18.8 Å². The fourth-order valence-corrected chi connectivity index (χ4v) is 6.47. The van der Waals surface area contributed by atoms with Gasteiger partial charge in [-0.15, -0.1) is 34.4 Å². The molecule has 4 rings (SSSR count). The number of hydrogen-bond donors (Lipinski definition) is 4. The van der Waals surface area contributed by atoms with Crippen LogP contribution in [0.25, 0.3) is 21.8 Å². The van der Waals surface area contributed by atoms with Crippen molar-refractivity contribution in [3.63, 3.8) is 0 Å². The quantitative estimate of drug-likeness (QED) is 0.162. The number of rotatable bonds is 8. The summed E-state index contributed by atoms with van der Waals surface area (Å²) in [6, 6.07) is 9.38. The number of carbonyl (C=O) groups is 3. The SMILES string of the molecule is CSc1sc(C(=N)N)cc1-c1nc(-c2cccc(OCC(=O)N3CCCC(C(N)=O)C3)c2)cs1.O=C(O)C(F)(F)F. The van der Waals surface area contributed by atoms with Gasteiger partial charge in [-0.25, -0.2) is 9.78 Å². The molecule has 0 spiro atoms. The first kappa shape index (κ1) is 31.9. The van der Waals surface area contributed by atoms with Gasteiger partial charge in [0.1, 0.15) is 16.6 Å². The number of hydrogen-bond acceptors (Lipinski definition) is 9. The van der Waals surface area contributed by atoms with Crippen molar-refractivity contribution >= 4 is 58.1 Å². The number of alkyl halides is 3. The van der Waals surface area contributed by atoms with E-state index in [9.17, 15) is 22.8 Å². The van der Waals surface area contributed by atoms with Gasteiger partial charge in [0, 0.05) is 29.6 Å². The first-order valence-corrected chi connectivity index (χ1v) is 14.8. The fourth-order valence-electron chi connectivity index (χ4n) is 3.76. The Morgan fingerprint density at radius 1 is 1.27 bits per heavy atom. The molecule has 1 aliphatic heterocycles. The number of nitrogen functional groups attached to an aromatic ring is 1. The summed E-state index contributed by atoms with van der Waals surface area (Å²) in [5.74, 6) is -2.94. The van der Waals surface area contributed by atoms with Crippen molar-refractivity contribution in [2.24, 2.45) is 17.4 Å². The van der Waals surface area contributed by atoms with E-state index < -0.39 is 12.1 Å². The van der Waals surface area contributed by atoms with Gasteiger partial charge in [-0.3, -0.25) is 15.0 Å². The van der Waals surface area contributed by atoms with E-state index in [1.54, 1.807) is 22.7 Å². The van der Waals surface area contributed by atoms with Crippen molar-refractivity contribution in [1.82, 2.24) is 9.88 Å². The Morgan fingerprint density at radius 3 is 2.59 bits per heavy atom. The summed E-state index contributed by atoms with van der Waals surface area (Å²) in [4.78, 5) is 40.1. The van der Waals surface area contributed by atoms with Crippen molar-refractivity contribution in [3.8, 4) is 27.6 Å². The van der Waals surface area contributed by atoms with E-state index >= 15 is 0 Å². The van der Waals surface area contributed by atoms with Gasteiger partial charge >= 0.3 is 12.1 Å². The highest BCUT2D eigenvalue weighted by Crippen LogP contribution is 2.40. The minimum Gasteiger partial charge on any atom is -0.484 e. The van der Waals surface area contributed by atoms with Crippen LogP contribution in [0.3, 0.4) is 0 Å². The summed E-state index contributed by atoms with van der Waals surface area (Å²) >= 11 is 4.63. The zero-order valence-corrected chi connectivity index (χ0v) is 24.0. The minimum atomic E-state index is -5.08. The summed E-state index contributed by atoms with van der Waals surface area (Å²) < 4.78 is 38.6. The second kappa shape index (κ2) is 13.8. The molecule has 16 heteroatoms. The normalized spacial score (nSPS) is 15.0. The number of halogens is 3. The lowest BCUT2D eigenvalue weighted by Crippen LogP contribution is -2.45. The molecule has 1 saturated heterocycles. The Kier molecular flexibility index (Phi) is 10.8. The van der Waals surface area contributed by atoms with Crippen molar-refractivity contribution in [1.29, 1.82) is 5.41 Å². The summed E-state index contributed by atoms with van der Waals surface area (Å²) in [6.45, 7) is 0.863. The average Bonchev–Trinajstić information content (AvgIpc) is 3.59. The number of likely N-dealkylation sites (tertiary alicyclic amines) is 1. The number of carboxylic acid groups (broad SMARTS) is 1. The fraction of sp³-hybridized carbons (Fsp3) is 0.320. The van der Waals surface area contributed by atoms with E-state index in [4.69, 9.17) is 36.5 Å². The number of nitrogens with zero attached hydrogens (tertiary/aromatic N) is 2. The number of amidine groups is 1. The van der Waals surface area contributed by atoms with Gasteiger partial charge in [0.15, 0.2) is 6.61 Å². The Bertz CT molecular complexity index is 1430. The highest BCUT2D eigenvalue weighted by molar-refractivity contribution is 8.00. The molecule has 0 bridgehead atoms. The number of thiophene rings is 1. The number of carboxylic acids is 1. The molecule has 1 unspecified atom stereocenters. The Balaban J connectivity index is 0.000000587. The topological polar surface area (TPSA) is 173 Å². The molecule has 1 aliphatic rings. The van der Waals surface area contributed by atoms with Gasteiger partial charge in [-0.1, -0.05) is 12.1 Å². The van der Waals surface area contributed by atoms with Gasteiger partial charge in [0.2, 0.25) is 5.91 Å². The standard InChI is InChI=1S/C23H25N5O3S3.C2HF3O2/c1-32-23-16(9-18(34-23)20(24)25)22-27-17(12-33-22)13-4-2-6-15(8-13)31-11-19(29)28-7-3-5-14(10-28)21(26)30;3-2(4,5)1(6)7/h2,4,6,8-9,12,14H,3,5,7,10-11H2,1H3,(H3,24,25)(H2,26,30);(H,6,7). The van der Waals surface area contributed by atoms with E-state index in [0.717, 1.165) is 43.8 Å². The maximum Gasteiger partial charge on any atom is 0.490 e. The van der Waals surface area contributed by atoms with Crippen LogP contribution in [0.1, 0.15) is 17.7 Å². The second-order valence-electron chi connectivity index (χ2n) is 8.67. The van der Waals surface area contributed by atoms with Crippen LogP contribution in [0.2, 0.25) is 0 Å². The van der Waals surface area contributed by atoms with Gasteiger partial charge in [-0.05, 0) is 37.3 Å². The maximum absolute atomic E-state index is 12.6. The van der Waals surface area contributed by atoms with Crippen molar-refractivity contribution in [2.75, 3.05) is 26.0 Å². The van der Waals surface area contributed by atoms with Crippen molar-refractivity contribution < 1.29 is 37.4 Å². The molecule has 2 amide bonds. The Hall–Kier alpha value is -3.63. The third-order valence-corrected chi connectivity index (χ3v) is 8.97. The number of piperidine rings is 1. The molecule has 2 aromatic heterocycles. The third kappa shape index (κ3) is 8.68. The number of benzene rings is 1. The predicted octanol–water partition coefficient (Wildman–Crippen LogP) is 4.28. The van der Waals surface area contributed by atoms with E-state index in [-0.39, 0.29) is 30.2 Å². The molecule has 1 aromatic carbocycles. The lowest BCUT2D eigenvalue weighted by atomic mass is 9.97. The van der Waals surface area contributed by atoms with Gasteiger partial charge in [-0.2, -0.15) is 13.2 Å². The molecule has 220 valence electrons. The minimum absolute atomic E-state index is 0.0532. The molecule has 3 heterocycles. The van der Waals surface area contributed by atoms with Crippen LogP contribution in [0.15, 0.2) is 39.9 Å². The highest BCUT2D eigenvalue weighted by atomic mass is 32.2. The smallest absolute Gasteiger partial charge is 0.484 e. The summed E-state index contributed by atoms with van der Waals surface area (Å²) in [5, 5.41) is 17.7.